The van der Waals surface area contributed by atoms with Crippen LogP contribution < -0.4 is 0 Å². The van der Waals surface area contributed by atoms with E-state index in [2.05, 4.69) is 182 Å². The van der Waals surface area contributed by atoms with Crippen molar-refractivity contribution in [3.63, 3.8) is 0 Å². The Balaban J connectivity index is 1.40. The van der Waals surface area contributed by atoms with E-state index < -0.39 is 0 Å². The van der Waals surface area contributed by atoms with Crippen LogP contribution in [-0.4, -0.2) is 0 Å². The Bertz CT molecular complexity index is 2890. The van der Waals surface area contributed by atoms with Crippen molar-refractivity contribution in [3.8, 4) is 33.4 Å². The SMILES string of the molecule is c1ccc2c(-c3c(-c4c(-c5cccc6c5ccc5ccccc56)ccc5c4ccc4ccccc45)ccc4ccccc34)cccc2c1. The van der Waals surface area contributed by atoms with E-state index in [-0.39, 0.29) is 0 Å². The normalized spacial score (nSPS) is 11.8. The van der Waals surface area contributed by atoms with Crippen molar-refractivity contribution in [2.75, 3.05) is 0 Å². The van der Waals surface area contributed by atoms with Gasteiger partial charge in [-0.2, -0.15) is 0 Å². The summed E-state index contributed by atoms with van der Waals surface area (Å²) in [6.45, 7) is 0. The van der Waals surface area contributed by atoms with Gasteiger partial charge in [0.15, 0.2) is 0 Å². The van der Waals surface area contributed by atoms with Gasteiger partial charge in [-0.05, 0) is 98.0 Å². The van der Waals surface area contributed by atoms with Crippen LogP contribution in [0, 0.1) is 0 Å². The molecule has 0 amide bonds. The van der Waals surface area contributed by atoms with Crippen molar-refractivity contribution < 1.29 is 0 Å². The zero-order chi connectivity index (χ0) is 31.6. The second kappa shape index (κ2) is 10.7. The van der Waals surface area contributed by atoms with Gasteiger partial charge in [0.1, 0.15) is 0 Å². The molecular formula is C48H30. The topological polar surface area (TPSA) is 0 Å². The van der Waals surface area contributed by atoms with E-state index in [0.717, 1.165) is 0 Å². The lowest BCUT2D eigenvalue weighted by molar-refractivity contribution is 1.64. The average molecular weight is 607 g/mol. The molecule has 0 unspecified atom stereocenters. The summed E-state index contributed by atoms with van der Waals surface area (Å²) in [5.41, 5.74) is 7.55. The average Bonchev–Trinajstić information content (AvgIpc) is 3.16. The van der Waals surface area contributed by atoms with Crippen molar-refractivity contribution in [2.45, 2.75) is 0 Å². The number of benzene rings is 10. The molecule has 10 aromatic carbocycles. The number of hydrogen-bond acceptors (Lipinski definition) is 0. The van der Waals surface area contributed by atoms with Crippen LogP contribution in [0.2, 0.25) is 0 Å². The third-order valence-corrected chi connectivity index (χ3v) is 10.3. The molecular weight excluding hydrogens is 577 g/mol. The lowest BCUT2D eigenvalue weighted by atomic mass is 9.81. The van der Waals surface area contributed by atoms with E-state index in [4.69, 9.17) is 0 Å². The smallest absolute Gasteiger partial charge is 0.00199 e. The highest BCUT2D eigenvalue weighted by molar-refractivity contribution is 6.21. The van der Waals surface area contributed by atoms with E-state index in [9.17, 15) is 0 Å². The van der Waals surface area contributed by atoms with Gasteiger partial charge in [-0.15, -0.1) is 0 Å². The molecule has 0 spiro atoms. The molecule has 0 fully saturated rings. The second-order valence-electron chi connectivity index (χ2n) is 12.8. The number of hydrogen-bond donors (Lipinski definition) is 0. The maximum atomic E-state index is 2.37. The van der Waals surface area contributed by atoms with Crippen molar-refractivity contribution >= 4 is 64.6 Å². The minimum absolute atomic E-state index is 1.24. The largest absolute Gasteiger partial charge is 0.0616 e. The molecule has 0 aliphatic rings. The monoisotopic (exact) mass is 606 g/mol. The Morgan fingerprint density at radius 3 is 1.31 bits per heavy atom. The van der Waals surface area contributed by atoms with Gasteiger partial charge in [-0.3, -0.25) is 0 Å². The second-order valence-corrected chi connectivity index (χ2v) is 12.8. The molecule has 10 aromatic rings. The minimum Gasteiger partial charge on any atom is -0.0616 e. The van der Waals surface area contributed by atoms with Gasteiger partial charge in [0.05, 0.1) is 0 Å². The van der Waals surface area contributed by atoms with Crippen LogP contribution in [0.4, 0.5) is 0 Å². The summed E-state index contributed by atoms with van der Waals surface area (Å²) in [6, 6.07) is 67.3. The highest BCUT2D eigenvalue weighted by Gasteiger charge is 2.21. The van der Waals surface area contributed by atoms with E-state index in [1.54, 1.807) is 0 Å². The number of rotatable bonds is 3. The fraction of sp³-hybridized carbons (Fsp3) is 0. The molecule has 0 bridgehead atoms. The maximum absolute atomic E-state index is 2.37. The van der Waals surface area contributed by atoms with Gasteiger partial charge in [-0.25, -0.2) is 0 Å². The molecule has 0 saturated carbocycles. The van der Waals surface area contributed by atoms with Crippen LogP contribution in [0.25, 0.3) is 98.0 Å². The van der Waals surface area contributed by atoms with Gasteiger partial charge in [0.2, 0.25) is 0 Å². The van der Waals surface area contributed by atoms with E-state index in [1.807, 2.05) is 0 Å². The molecule has 48 heavy (non-hydrogen) atoms. The number of fused-ring (bicyclic) bond motifs is 8. The first-order valence-corrected chi connectivity index (χ1v) is 16.7. The van der Waals surface area contributed by atoms with E-state index in [0.29, 0.717) is 0 Å². The highest BCUT2D eigenvalue weighted by atomic mass is 14.2. The summed E-state index contributed by atoms with van der Waals surface area (Å²) in [7, 11) is 0. The summed E-state index contributed by atoms with van der Waals surface area (Å²) in [4.78, 5) is 0. The quantitative estimate of drug-likeness (QED) is 0.176. The Morgan fingerprint density at radius 2 is 0.583 bits per heavy atom. The minimum atomic E-state index is 1.24. The molecule has 0 aromatic heterocycles. The standard InChI is InChI=1S/C48H30/c1-7-18-37-31(11-1)15-9-22-43(37)47-38-19-8-4-14-34(38)25-28-46(47)48-44-27-24-33-13-3-6-17-36(33)41(44)29-30-45(48)40-21-10-20-39-35-16-5-2-12-32(35)23-26-42(39)40/h1-30H. The molecule has 0 heteroatoms. The van der Waals surface area contributed by atoms with Crippen molar-refractivity contribution in [3.05, 3.63) is 182 Å². The molecule has 0 saturated heterocycles. The van der Waals surface area contributed by atoms with Crippen LogP contribution in [0.15, 0.2) is 182 Å². The van der Waals surface area contributed by atoms with Crippen LogP contribution >= 0.6 is 0 Å². The fourth-order valence-electron chi connectivity index (χ4n) is 8.09. The molecule has 222 valence electrons. The third kappa shape index (κ3) is 4.03. The van der Waals surface area contributed by atoms with Crippen molar-refractivity contribution in [1.29, 1.82) is 0 Å². The molecule has 0 heterocycles. The van der Waals surface area contributed by atoms with Gasteiger partial charge in [0.25, 0.3) is 0 Å². The first-order valence-electron chi connectivity index (χ1n) is 16.7. The van der Waals surface area contributed by atoms with Gasteiger partial charge in [-0.1, -0.05) is 182 Å². The molecule has 0 nitrogen and oxygen atoms in total. The Hall–Kier alpha value is -6.24. The summed E-state index contributed by atoms with van der Waals surface area (Å²) >= 11 is 0. The lowest BCUT2D eigenvalue weighted by Gasteiger charge is -2.21. The van der Waals surface area contributed by atoms with Crippen LogP contribution in [0.1, 0.15) is 0 Å². The van der Waals surface area contributed by atoms with Crippen molar-refractivity contribution in [2.24, 2.45) is 0 Å². The first-order chi connectivity index (χ1) is 23.8. The van der Waals surface area contributed by atoms with Crippen LogP contribution in [-0.2, 0) is 0 Å². The first kappa shape index (κ1) is 26.9. The molecule has 0 aliphatic carbocycles. The molecule has 0 aliphatic heterocycles. The van der Waals surface area contributed by atoms with Crippen LogP contribution in [0.3, 0.4) is 0 Å². The van der Waals surface area contributed by atoms with E-state index >= 15 is 0 Å². The van der Waals surface area contributed by atoms with E-state index in [1.165, 1.54) is 98.0 Å². The fourth-order valence-corrected chi connectivity index (χ4v) is 8.09. The van der Waals surface area contributed by atoms with Crippen LogP contribution in [0.5, 0.6) is 0 Å². The Morgan fingerprint density at radius 1 is 0.167 bits per heavy atom. The zero-order valence-corrected chi connectivity index (χ0v) is 26.3. The lowest BCUT2D eigenvalue weighted by Crippen LogP contribution is -1.94. The van der Waals surface area contributed by atoms with Gasteiger partial charge in [0, 0.05) is 0 Å². The van der Waals surface area contributed by atoms with Gasteiger partial charge >= 0.3 is 0 Å². The summed E-state index contributed by atoms with van der Waals surface area (Å²) in [5.74, 6) is 0. The summed E-state index contributed by atoms with van der Waals surface area (Å²) in [6.07, 6.45) is 0. The zero-order valence-electron chi connectivity index (χ0n) is 26.3. The third-order valence-electron chi connectivity index (χ3n) is 10.3. The predicted octanol–water partition coefficient (Wildman–Crippen LogP) is 13.6. The summed E-state index contributed by atoms with van der Waals surface area (Å²) < 4.78 is 0. The molecule has 0 radical (unpaired) electrons. The van der Waals surface area contributed by atoms with Gasteiger partial charge < -0.3 is 0 Å². The molecule has 0 atom stereocenters. The highest BCUT2D eigenvalue weighted by Crippen LogP contribution is 2.48. The molecule has 0 N–H and O–H groups in total. The summed E-state index contributed by atoms with van der Waals surface area (Å²) in [5, 5.41) is 15.2. The molecule has 10 rings (SSSR count). The van der Waals surface area contributed by atoms with Crippen molar-refractivity contribution in [1.82, 2.24) is 0 Å². The maximum Gasteiger partial charge on any atom is -0.00199 e. The predicted molar refractivity (Wildman–Crippen MR) is 208 cm³/mol. The Labute approximate surface area is 279 Å². The Kier molecular flexibility index (Phi) is 5.98.